The summed E-state index contributed by atoms with van der Waals surface area (Å²) in [5, 5.41) is 5.06. The summed E-state index contributed by atoms with van der Waals surface area (Å²) in [6.45, 7) is -0.0899. The number of ether oxygens (including phenoxy) is 1. The molecule has 2 aromatic rings. The Labute approximate surface area is 122 Å². The van der Waals surface area contributed by atoms with Gasteiger partial charge in [-0.1, -0.05) is 36.4 Å². The third-order valence-corrected chi connectivity index (χ3v) is 2.96. The molecule has 0 aromatic heterocycles. The minimum Gasteiger partial charge on any atom is -0.483 e. The number of hydrogen-bond donors (Lipinski definition) is 3. The van der Waals surface area contributed by atoms with Gasteiger partial charge in [0.25, 0.3) is 5.91 Å². The summed E-state index contributed by atoms with van der Waals surface area (Å²) in [5.41, 5.74) is 4.98. The molecule has 0 saturated carbocycles. The first kappa shape index (κ1) is 14.1. The van der Waals surface area contributed by atoms with Crippen LogP contribution in [0.2, 0.25) is 0 Å². The fourth-order valence-corrected chi connectivity index (χ4v) is 1.74. The van der Waals surface area contributed by atoms with Gasteiger partial charge in [-0.25, -0.2) is 0 Å². The molecule has 0 bridgehead atoms. The van der Waals surface area contributed by atoms with Crippen LogP contribution in [-0.2, 0) is 4.79 Å². The van der Waals surface area contributed by atoms with Crippen LogP contribution in [0.3, 0.4) is 0 Å². The lowest BCUT2D eigenvalue weighted by Crippen LogP contribution is -2.47. The van der Waals surface area contributed by atoms with Crippen LogP contribution in [0.15, 0.2) is 42.5 Å². The Morgan fingerprint density at radius 3 is 2.70 bits per heavy atom. The second kappa shape index (κ2) is 6.72. The molecule has 2 aromatic carbocycles. The van der Waals surface area contributed by atoms with Crippen molar-refractivity contribution in [2.75, 3.05) is 13.7 Å². The summed E-state index contributed by atoms with van der Waals surface area (Å²) in [4.78, 5) is 11.6. The average Bonchev–Trinajstić information content (AvgIpc) is 2.50. The first-order valence-corrected chi connectivity index (χ1v) is 6.48. The first-order valence-electron chi connectivity index (χ1n) is 6.08. The second-order valence-corrected chi connectivity index (χ2v) is 4.43. The van der Waals surface area contributed by atoms with Crippen molar-refractivity contribution in [3.63, 3.8) is 0 Å². The third-order valence-electron chi connectivity index (χ3n) is 2.65. The number of carbonyl (C=O) groups excluding carboxylic acids is 1. The van der Waals surface area contributed by atoms with Gasteiger partial charge in [0.05, 0.1) is 0 Å². The van der Waals surface area contributed by atoms with E-state index in [1.54, 1.807) is 7.05 Å². The number of thiocarbonyl (C=S) groups is 1. The topological polar surface area (TPSA) is 62.4 Å². The van der Waals surface area contributed by atoms with E-state index in [0.717, 1.165) is 10.8 Å². The largest absolute Gasteiger partial charge is 0.483 e. The highest BCUT2D eigenvalue weighted by Gasteiger charge is 2.05. The fraction of sp³-hybridized carbons (Fsp3) is 0.143. The summed E-state index contributed by atoms with van der Waals surface area (Å²) < 4.78 is 5.53. The molecule has 6 heteroatoms. The van der Waals surface area contributed by atoms with E-state index in [0.29, 0.717) is 10.9 Å². The number of hydrogen-bond acceptors (Lipinski definition) is 3. The molecule has 5 nitrogen and oxygen atoms in total. The maximum absolute atomic E-state index is 11.6. The highest BCUT2D eigenvalue weighted by atomic mass is 32.1. The average molecular weight is 289 g/mol. The highest BCUT2D eigenvalue weighted by molar-refractivity contribution is 7.80. The molecule has 2 rings (SSSR count). The predicted octanol–water partition coefficient (Wildman–Crippen LogP) is 1.34. The van der Waals surface area contributed by atoms with Gasteiger partial charge in [-0.15, -0.1) is 0 Å². The van der Waals surface area contributed by atoms with Crippen LogP contribution in [0.1, 0.15) is 0 Å². The monoisotopic (exact) mass is 289 g/mol. The molecule has 0 spiro atoms. The van der Waals surface area contributed by atoms with Crippen molar-refractivity contribution in [3.8, 4) is 5.75 Å². The first-order chi connectivity index (χ1) is 9.70. The number of amides is 1. The summed E-state index contributed by atoms with van der Waals surface area (Å²) >= 11 is 4.84. The predicted molar refractivity (Wildman–Crippen MR) is 82.4 cm³/mol. The minimum absolute atomic E-state index is 0.0899. The van der Waals surface area contributed by atoms with Gasteiger partial charge in [0, 0.05) is 12.4 Å². The minimum atomic E-state index is -0.310. The van der Waals surface area contributed by atoms with Crippen LogP contribution in [0.25, 0.3) is 10.8 Å². The summed E-state index contributed by atoms with van der Waals surface area (Å²) in [6.07, 6.45) is 0. The molecule has 0 saturated heterocycles. The Balaban J connectivity index is 1.96. The van der Waals surface area contributed by atoms with Crippen molar-refractivity contribution in [3.05, 3.63) is 42.5 Å². The maximum atomic E-state index is 11.6. The van der Waals surface area contributed by atoms with E-state index < -0.39 is 0 Å². The van der Waals surface area contributed by atoms with Gasteiger partial charge in [-0.3, -0.25) is 15.6 Å². The molecule has 0 fully saturated rings. The Hall–Kier alpha value is -2.34. The van der Waals surface area contributed by atoms with Crippen molar-refractivity contribution in [2.24, 2.45) is 0 Å². The highest BCUT2D eigenvalue weighted by Crippen LogP contribution is 2.24. The van der Waals surface area contributed by atoms with Crippen molar-refractivity contribution in [2.45, 2.75) is 0 Å². The molecule has 0 aliphatic rings. The van der Waals surface area contributed by atoms with E-state index >= 15 is 0 Å². The van der Waals surface area contributed by atoms with Crippen molar-refractivity contribution >= 4 is 34.0 Å². The molecule has 20 heavy (non-hydrogen) atoms. The van der Waals surface area contributed by atoms with Gasteiger partial charge in [-0.05, 0) is 23.7 Å². The zero-order chi connectivity index (χ0) is 14.4. The summed E-state index contributed by atoms with van der Waals surface area (Å²) in [7, 11) is 1.66. The number of hydrazine groups is 1. The van der Waals surface area contributed by atoms with Crippen LogP contribution in [-0.4, -0.2) is 24.7 Å². The van der Waals surface area contributed by atoms with Gasteiger partial charge in [0.1, 0.15) is 5.75 Å². The van der Waals surface area contributed by atoms with Crippen LogP contribution in [0.4, 0.5) is 0 Å². The molecule has 0 radical (unpaired) electrons. The molecule has 1 amide bonds. The van der Waals surface area contributed by atoms with Gasteiger partial charge >= 0.3 is 0 Å². The van der Waals surface area contributed by atoms with Crippen molar-refractivity contribution in [1.29, 1.82) is 0 Å². The van der Waals surface area contributed by atoms with Crippen LogP contribution >= 0.6 is 12.2 Å². The molecule has 0 atom stereocenters. The fourth-order valence-electron chi connectivity index (χ4n) is 1.69. The SMILES string of the molecule is CNC(=S)NNC(=O)COc1cccc2ccccc12. The normalized spacial score (nSPS) is 9.85. The summed E-state index contributed by atoms with van der Waals surface area (Å²) in [5.74, 6) is 0.366. The van der Waals surface area contributed by atoms with Gasteiger partial charge in [0.15, 0.2) is 11.7 Å². The zero-order valence-corrected chi connectivity index (χ0v) is 11.8. The number of nitrogens with one attached hydrogen (secondary N) is 3. The van der Waals surface area contributed by atoms with Gasteiger partial charge in [0.2, 0.25) is 0 Å². The Morgan fingerprint density at radius 1 is 1.15 bits per heavy atom. The Morgan fingerprint density at radius 2 is 1.90 bits per heavy atom. The van der Waals surface area contributed by atoms with E-state index in [1.807, 2.05) is 42.5 Å². The Bertz CT molecular complexity index is 625. The molecule has 0 heterocycles. The molecular weight excluding hydrogens is 274 g/mol. The van der Waals surface area contributed by atoms with Crippen LogP contribution in [0, 0.1) is 0 Å². The van der Waals surface area contributed by atoms with Crippen molar-refractivity contribution in [1.82, 2.24) is 16.2 Å². The lowest BCUT2D eigenvalue weighted by atomic mass is 10.1. The summed E-state index contributed by atoms with van der Waals surface area (Å²) in [6, 6.07) is 13.6. The van der Waals surface area contributed by atoms with Gasteiger partial charge in [-0.2, -0.15) is 0 Å². The number of benzene rings is 2. The standard InChI is InChI=1S/C14H15N3O2S/c1-15-14(20)17-16-13(18)9-19-12-8-4-6-10-5-2-3-7-11(10)12/h2-8H,9H2,1H3,(H,16,18)(H2,15,17,20). The molecule has 3 N–H and O–H groups in total. The molecule has 0 aliphatic carbocycles. The molecular formula is C14H15N3O2S. The maximum Gasteiger partial charge on any atom is 0.276 e. The molecule has 0 unspecified atom stereocenters. The quantitative estimate of drug-likeness (QED) is 0.588. The van der Waals surface area contributed by atoms with Crippen LogP contribution in [0.5, 0.6) is 5.75 Å². The van der Waals surface area contributed by atoms with E-state index in [9.17, 15) is 4.79 Å². The lowest BCUT2D eigenvalue weighted by molar-refractivity contribution is -0.123. The van der Waals surface area contributed by atoms with Crippen molar-refractivity contribution < 1.29 is 9.53 Å². The van der Waals surface area contributed by atoms with E-state index in [2.05, 4.69) is 16.2 Å². The third kappa shape index (κ3) is 3.58. The lowest BCUT2D eigenvalue weighted by Gasteiger charge is -2.11. The van der Waals surface area contributed by atoms with Gasteiger partial charge < -0.3 is 10.1 Å². The smallest absolute Gasteiger partial charge is 0.276 e. The molecule has 0 aliphatic heterocycles. The van der Waals surface area contributed by atoms with E-state index in [4.69, 9.17) is 17.0 Å². The van der Waals surface area contributed by atoms with Crippen LogP contribution < -0.4 is 20.9 Å². The van der Waals surface area contributed by atoms with E-state index in [-0.39, 0.29) is 12.5 Å². The van der Waals surface area contributed by atoms with E-state index in [1.165, 1.54) is 0 Å². The number of rotatable bonds is 3. The zero-order valence-electron chi connectivity index (χ0n) is 11.0. The second-order valence-electron chi connectivity index (χ2n) is 4.02. The number of fused-ring (bicyclic) bond motifs is 1. The number of carbonyl (C=O) groups is 1. The molecule has 104 valence electrons. The Kier molecular flexibility index (Phi) is 4.73.